The number of ether oxygens (including phenoxy) is 2. The molecule has 2 N–H and O–H groups in total. The molecular formula is C10H13N3O4. The van der Waals surface area contributed by atoms with Crippen LogP contribution < -0.4 is 10.1 Å². The lowest BCUT2D eigenvalue weighted by molar-refractivity contribution is -0.141. The monoisotopic (exact) mass is 239 g/mol. The number of methoxy groups -OCH3 is 1. The number of aromatic nitrogens is 2. The SMILES string of the molecule is COc1ccnc(NC2COCC2C(=O)O)n1. The zero-order chi connectivity index (χ0) is 12.3. The zero-order valence-electron chi connectivity index (χ0n) is 9.29. The lowest BCUT2D eigenvalue weighted by Gasteiger charge is -2.15. The third kappa shape index (κ3) is 2.62. The van der Waals surface area contributed by atoms with Crippen LogP contribution in [0.1, 0.15) is 0 Å². The van der Waals surface area contributed by atoms with Crippen LogP contribution in [0.3, 0.4) is 0 Å². The van der Waals surface area contributed by atoms with Crippen molar-refractivity contribution in [3.05, 3.63) is 12.3 Å². The maximum atomic E-state index is 10.9. The first-order chi connectivity index (χ1) is 8.20. The molecule has 92 valence electrons. The molecule has 1 saturated heterocycles. The van der Waals surface area contributed by atoms with Crippen LogP contribution in [0.5, 0.6) is 5.88 Å². The van der Waals surface area contributed by atoms with E-state index in [9.17, 15) is 4.79 Å². The number of nitrogens with zero attached hydrogens (tertiary/aromatic N) is 2. The molecule has 0 radical (unpaired) electrons. The first-order valence-corrected chi connectivity index (χ1v) is 5.15. The Morgan fingerprint density at radius 2 is 2.47 bits per heavy atom. The summed E-state index contributed by atoms with van der Waals surface area (Å²) in [7, 11) is 1.50. The average Bonchev–Trinajstić information content (AvgIpc) is 2.77. The molecule has 17 heavy (non-hydrogen) atoms. The summed E-state index contributed by atoms with van der Waals surface area (Å²) in [5.41, 5.74) is 0. The van der Waals surface area contributed by atoms with Crippen molar-refractivity contribution in [2.75, 3.05) is 25.6 Å². The van der Waals surface area contributed by atoms with Crippen LogP contribution in [0.2, 0.25) is 0 Å². The quantitative estimate of drug-likeness (QED) is 0.763. The summed E-state index contributed by atoms with van der Waals surface area (Å²) in [5.74, 6) is -0.702. The minimum absolute atomic E-state index is 0.205. The molecule has 0 spiro atoms. The van der Waals surface area contributed by atoms with E-state index in [1.165, 1.54) is 7.11 Å². The van der Waals surface area contributed by atoms with Gasteiger partial charge in [0.2, 0.25) is 11.8 Å². The van der Waals surface area contributed by atoms with E-state index >= 15 is 0 Å². The van der Waals surface area contributed by atoms with Crippen LogP contribution in [0.4, 0.5) is 5.95 Å². The average molecular weight is 239 g/mol. The second-order valence-corrected chi connectivity index (χ2v) is 3.66. The fourth-order valence-corrected chi connectivity index (χ4v) is 1.63. The molecule has 1 aromatic rings. The molecule has 1 fully saturated rings. The van der Waals surface area contributed by atoms with Gasteiger partial charge in [0, 0.05) is 12.3 Å². The molecule has 1 aromatic heterocycles. The van der Waals surface area contributed by atoms with Gasteiger partial charge in [-0.05, 0) is 0 Å². The highest BCUT2D eigenvalue weighted by molar-refractivity contribution is 5.72. The standard InChI is InChI=1S/C10H13N3O4/c1-16-8-2-3-11-10(13-8)12-7-5-17-4-6(7)9(14)15/h2-3,6-7H,4-5H2,1H3,(H,14,15)(H,11,12,13). The van der Waals surface area contributed by atoms with Crippen LogP contribution in [0.15, 0.2) is 12.3 Å². The maximum Gasteiger partial charge on any atom is 0.311 e. The van der Waals surface area contributed by atoms with Crippen LogP contribution in [0, 0.1) is 5.92 Å². The predicted molar refractivity (Wildman–Crippen MR) is 57.9 cm³/mol. The van der Waals surface area contributed by atoms with Crippen molar-refractivity contribution < 1.29 is 19.4 Å². The minimum Gasteiger partial charge on any atom is -0.481 e. The topological polar surface area (TPSA) is 93.6 Å². The molecule has 2 atom stereocenters. The first-order valence-electron chi connectivity index (χ1n) is 5.15. The van der Waals surface area contributed by atoms with Gasteiger partial charge in [0.05, 0.1) is 26.4 Å². The summed E-state index contributed by atoms with van der Waals surface area (Å²) in [5, 5.41) is 11.9. The van der Waals surface area contributed by atoms with Crippen molar-refractivity contribution in [3.8, 4) is 5.88 Å². The molecule has 2 unspecified atom stereocenters. The normalized spacial score (nSPS) is 23.4. The minimum atomic E-state index is -0.886. The fourth-order valence-electron chi connectivity index (χ4n) is 1.63. The van der Waals surface area contributed by atoms with Gasteiger partial charge in [0.25, 0.3) is 0 Å². The van der Waals surface area contributed by atoms with Gasteiger partial charge < -0.3 is 19.9 Å². The van der Waals surface area contributed by atoms with Crippen LogP contribution >= 0.6 is 0 Å². The number of nitrogens with one attached hydrogen (secondary N) is 1. The van der Waals surface area contributed by atoms with Gasteiger partial charge in [-0.1, -0.05) is 0 Å². The van der Waals surface area contributed by atoms with Crippen LogP contribution in [-0.4, -0.2) is 47.4 Å². The number of hydrogen-bond donors (Lipinski definition) is 2. The maximum absolute atomic E-state index is 10.9. The Kier molecular flexibility index (Phi) is 3.38. The van der Waals surface area contributed by atoms with E-state index in [0.717, 1.165) is 0 Å². The Morgan fingerprint density at radius 1 is 1.65 bits per heavy atom. The first kappa shape index (κ1) is 11.6. The number of aliphatic carboxylic acids is 1. The molecule has 0 aliphatic carbocycles. The molecule has 0 saturated carbocycles. The highest BCUT2D eigenvalue weighted by Crippen LogP contribution is 2.18. The highest BCUT2D eigenvalue weighted by atomic mass is 16.5. The van der Waals surface area contributed by atoms with Gasteiger partial charge >= 0.3 is 5.97 Å². The molecule has 7 nitrogen and oxygen atoms in total. The largest absolute Gasteiger partial charge is 0.481 e. The van der Waals surface area contributed by atoms with Crippen LogP contribution in [0.25, 0.3) is 0 Å². The van der Waals surface area contributed by atoms with Crippen molar-refractivity contribution in [1.29, 1.82) is 0 Å². The van der Waals surface area contributed by atoms with E-state index in [-0.39, 0.29) is 12.6 Å². The van der Waals surface area contributed by atoms with Crippen molar-refractivity contribution in [1.82, 2.24) is 9.97 Å². The van der Waals surface area contributed by atoms with Gasteiger partial charge in [-0.3, -0.25) is 4.79 Å². The Labute approximate surface area is 97.8 Å². The van der Waals surface area contributed by atoms with E-state index in [4.69, 9.17) is 14.6 Å². The summed E-state index contributed by atoms with van der Waals surface area (Å²) in [6.07, 6.45) is 1.54. The lowest BCUT2D eigenvalue weighted by atomic mass is 10.0. The Morgan fingerprint density at radius 3 is 3.18 bits per heavy atom. The third-order valence-corrected chi connectivity index (χ3v) is 2.55. The number of hydrogen-bond acceptors (Lipinski definition) is 6. The van der Waals surface area contributed by atoms with E-state index in [1.807, 2.05) is 0 Å². The van der Waals surface area contributed by atoms with Gasteiger partial charge in [0.1, 0.15) is 5.92 Å². The fraction of sp³-hybridized carbons (Fsp3) is 0.500. The van der Waals surface area contributed by atoms with Gasteiger partial charge in [-0.2, -0.15) is 4.98 Å². The van der Waals surface area contributed by atoms with E-state index in [0.29, 0.717) is 18.4 Å². The molecule has 0 aromatic carbocycles. The second-order valence-electron chi connectivity index (χ2n) is 3.66. The summed E-state index contributed by atoms with van der Waals surface area (Å²) in [6.45, 7) is 0.536. The van der Waals surface area contributed by atoms with Crippen molar-refractivity contribution in [2.24, 2.45) is 5.92 Å². The van der Waals surface area contributed by atoms with Crippen molar-refractivity contribution >= 4 is 11.9 Å². The van der Waals surface area contributed by atoms with Gasteiger partial charge in [-0.15, -0.1) is 0 Å². The highest BCUT2D eigenvalue weighted by Gasteiger charge is 2.34. The number of carboxylic acid groups (broad SMARTS) is 1. The number of carbonyl (C=O) groups is 1. The molecule has 1 aliphatic heterocycles. The molecular weight excluding hydrogens is 226 g/mol. The van der Waals surface area contributed by atoms with E-state index in [1.54, 1.807) is 12.3 Å². The second kappa shape index (κ2) is 4.96. The van der Waals surface area contributed by atoms with Crippen molar-refractivity contribution in [3.63, 3.8) is 0 Å². The summed E-state index contributed by atoms with van der Waals surface area (Å²) >= 11 is 0. The number of anilines is 1. The van der Waals surface area contributed by atoms with Gasteiger partial charge in [-0.25, -0.2) is 4.98 Å². The molecule has 2 rings (SSSR count). The molecule has 0 amide bonds. The summed E-state index contributed by atoms with van der Waals surface area (Å²) in [4.78, 5) is 19.0. The van der Waals surface area contributed by atoms with E-state index < -0.39 is 11.9 Å². The Bertz CT molecular complexity index is 412. The molecule has 0 bridgehead atoms. The van der Waals surface area contributed by atoms with E-state index in [2.05, 4.69) is 15.3 Å². The number of carboxylic acids is 1. The predicted octanol–water partition coefficient (Wildman–Crippen LogP) is -0.00330. The third-order valence-electron chi connectivity index (χ3n) is 2.55. The Balaban J connectivity index is 2.06. The number of rotatable bonds is 4. The molecule has 7 heteroatoms. The smallest absolute Gasteiger partial charge is 0.311 e. The van der Waals surface area contributed by atoms with Gasteiger partial charge in [0.15, 0.2) is 0 Å². The summed E-state index contributed by atoms with van der Waals surface area (Å²) in [6, 6.07) is 1.30. The Hall–Kier alpha value is -1.89. The van der Waals surface area contributed by atoms with Crippen molar-refractivity contribution in [2.45, 2.75) is 6.04 Å². The lowest BCUT2D eigenvalue weighted by Crippen LogP contribution is -2.33. The molecule has 2 heterocycles. The van der Waals surface area contributed by atoms with Crippen LogP contribution in [-0.2, 0) is 9.53 Å². The summed E-state index contributed by atoms with van der Waals surface area (Å²) < 4.78 is 10.1. The zero-order valence-corrected chi connectivity index (χ0v) is 9.29. The molecule has 1 aliphatic rings.